The van der Waals surface area contributed by atoms with Gasteiger partial charge in [-0.25, -0.2) is 0 Å². The van der Waals surface area contributed by atoms with Crippen LogP contribution in [0.3, 0.4) is 0 Å². The molecule has 0 spiro atoms. The Kier molecular flexibility index (Phi) is 3.57. The smallest absolute Gasteiger partial charge is 0.149 e. The third-order valence-electron chi connectivity index (χ3n) is 4.07. The van der Waals surface area contributed by atoms with Gasteiger partial charge in [-0.3, -0.25) is 0 Å². The van der Waals surface area contributed by atoms with E-state index in [2.05, 4.69) is 65.1 Å². The summed E-state index contributed by atoms with van der Waals surface area (Å²) in [4.78, 5) is 0. The number of nitrogens with zero attached hydrogens (tertiary/aromatic N) is 3. The van der Waals surface area contributed by atoms with E-state index in [0.717, 1.165) is 24.6 Å². The molecule has 4 heteroatoms. The molecule has 3 rings (SSSR count). The van der Waals surface area contributed by atoms with Gasteiger partial charge in [0.15, 0.2) is 0 Å². The average molecular weight is 270 g/mol. The number of nitrogens with one attached hydrogen (secondary N) is 1. The number of rotatable bonds is 4. The first-order chi connectivity index (χ1) is 9.65. The quantitative estimate of drug-likeness (QED) is 0.929. The number of hydrogen-bond donors (Lipinski definition) is 1. The van der Waals surface area contributed by atoms with Crippen LogP contribution in [0.5, 0.6) is 0 Å². The molecule has 1 aromatic heterocycles. The van der Waals surface area contributed by atoms with E-state index in [0.29, 0.717) is 6.04 Å². The molecule has 0 saturated heterocycles. The standard InChI is InChI=1S/C16H22N4/c1-11-6-4-7-14(10-11)12(2)17-13(3)16-19-18-15-8-5-9-20(15)16/h4,6-7,10,12-13,17H,5,8-9H2,1-3H3. The van der Waals surface area contributed by atoms with Crippen LogP contribution in [-0.4, -0.2) is 14.8 Å². The van der Waals surface area contributed by atoms with E-state index in [9.17, 15) is 0 Å². The molecule has 4 nitrogen and oxygen atoms in total. The highest BCUT2D eigenvalue weighted by Gasteiger charge is 2.22. The molecule has 0 amide bonds. The fraction of sp³-hybridized carbons (Fsp3) is 0.500. The molecule has 0 fully saturated rings. The van der Waals surface area contributed by atoms with Crippen molar-refractivity contribution in [2.24, 2.45) is 0 Å². The van der Waals surface area contributed by atoms with Crippen molar-refractivity contribution in [3.05, 3.63) is 47.0 Å². The molecule has 0 aliphatic carbocycles. The second kappa shape index (κ2) is 5.37. The van der Waals surface area contributed by atoms with Gasteiger partial charge in [-0.2, -0.15) is 0 Å². The normalized spacial score (nSPS) is 16.9. The summed E-state index contributed by atoms with van der Waals surface area (Å²) in [5.41, 5.74) is 2.62. The summed E-state index contributed by atoms with van der Waals surface area (Å²) in [6.07, 6.45) is 2.26. The Balaban J connectivity index is 1.73. The summed E-state index contributed by atoms with van der Waals surface area (Å²) >= 11 is 0. The van der Waals surface area contributed by atoms with Crippen LogP contribution in [0.15, 0.2) is 24.3 Å². The monoisotopic (exact) mass is 270 g/mol. The number of aryl methyl sites for hydroxylation is 2. The molecular weight excluding hydrogens is 248 g/mol. The van der Waals surface area contributed by atoms with Gasteiger partial charge in [0, 0.05) is 19.0 Å². The van der Waals surface area contributed by atoms with Gasteiger partial charge in [0.05, 0.1) is 6.04 Å². The maximum Gasteiger partial charge on any atom is 0.149 e. The van der Waals surface area contributed by atoms with E-state index in [1.54, 1.807) is 0 Å². The van der Waals surface area contributed by atoms with E-state index in [1.165, 1.54) is 17.5 Å². The molecule has 20 heavy (non-hydrogen) atoms. The van der Waals surface area contributed by atoms with Gasteiger partial charge >= 0.3 is 0 Å². The Hall–Kier alpha value is -1.68. The van der Waals surface area contributed by atoms with Gasteiger partial charge in [-0.1, -0.05) is 29.8 Å². The van der Waals surface area contributed by atoms with E-state index < -0.39 is 0 Å². The van der Waals surface area contributed by atoms with Gasteiger partial charge in [0.1, 0.15) is 11.6 Å². The molecule has 106 valence electrons. The molecule has 1 N–H and O–H groups in total. The highest BCUT2D eigenvalue weighted by atomic mass is 15.3. The zero-order valence-electron chi connectivity index (χ0n) is 12.4. The number of hydrogen-bond acceptors (Lipinski definition) is 3. The SMILES string of the molecule is Cc1cccc(C(C)NC(C)c2nnc3n2CCC3)c1. The number of aromatic nitrogens is 3. The van der Waals surface area contributed by atoms with E-state index in [1.807, 2.05) is 0 Å². The van der Waals surface area contributed by atoms with Gasteiger partial charge in [-0.05, 0) is 32.8 Å². The second-order valence-corrected chi connectivity index (χ2v) is 5.75. The summed E-state index contributed by atoms with van der Waals surface area (Å²) < 4.78 is 2.26. The summed E-state index contributed by atoms with van der Waals surface area (Å²) in [6.45, 7) is 7.56. The van der Waals surface area contributed by atoms with Gasteiger partial charge in [0.25, 0.3) is 0 Å². The van der Waals surface area contributed by atoms with Crippen molar-refractivity contribution in [1.29, 1.82) is 0 Å². The number of benzene rings is 1. The van der Waals surface area contributed by atoms with Gasteiger partial charge in [-0.15, -0.1) is 10.2 Å². The summed E-state index contributed by atoms with van der Waals surface area (Å²) in [5, 5.41) is 12.3. The van der Waals surface area contributed by atoms with Crippen LogP contribution < -0.4 is 5.32 Å². The van der Waals surface area contributed by atoms with Crippen molar-refractivity contribution >= 4 is 0 Å². The van der Waals surface area contributed by atoms with Crippen LogP contribution in [0, 0.1) is 6.92 Å². The summed E-state index contributed by atoms with van der Waals surface area (Å²) in [7, 11) is 0. The zero-order chi connectivity index (χ0) is 14.1. The minimum Gasteiger partial charge on any atom is -0.314 e. The van der Waals surface area contributed by atoms with Crippen LogP contribution in [0.4, 0.5) is 0 Å². The van der Waals surface area contributed by atoms with E-state index in [-0.39, 0.29) is 6.04 Å². The van der Waals surface area contributed by atoms with Crippen molar-refractivity contribution in [2.75, 3.05) is 0 Å². The lowest BCUT2D eigenvalue weighted by Crippen LogP contribution is -2.25. The Bertz CT molecular complexity index is 602. The van der Waals surface area contributed by atoms with Crippen molar-refractivity contribution in [2.45, 2.75) is 52.2 Å². The maximum atomic E-state index is 4.35. The Morgan fingerprint density at radius 1 is 1.20 bits per heavy atom. The third-order valence-corrected chi connectivity index (χ3v) is 4.07. The molecule has 2 heterocycles. The van der Waals surface area contributed by atoms with Crippen molar-refractivity contribution < 1.29 is 0 Å². The van der Waals surface area contributed by atoms with Crippen molar-refractivity contribution in [3.63, 3.8) is 0 Å². The van der Waals surface area contributed by atoms with Gasteiger partial charge < -0.3 is 9.88 Å². The lowest BCUT2D eigenvalue weighted by Gasteiger charge is -2.20. The largest absolute Gasteiger partial charge is 0.314 e. The average Bonchev–Trinajstić information content (AvgIpc) is 3.00. The number of fused-ring (bicyclic) bond motifs is 1. The molecule has 1 aromatic carbocycles. The van der Waals surface area contributed by atoms with Gasteiger partial charge in [0.2, 0.25) is 0 Å². The molecule has 2 atom stereocenters. The van der Waals surface area contributed by atoms with E-state index >= 15 is 0 Å². The van der Waals surface area contributed by atoms with Crippen LogP contribution in [0.1, 0.15) is 55.1 Å². The Morgan fingerprint density at radius 3 is 2.85 bits per heavy atom. The van der Waals surface area contributed by atoms with Crippen LogP contribution in [0.2, 0.25) is 0 Å². The van der Waals surface area contributed by atoms with Crippen molar-refractivity contribution in [1.82, 2.24) is 20.1 Å². The van der Waals surface area contributed by atoms with E-state index in [4.69, 9.17) is 0 Å². The third kappa shape index (κ3) is 2.48. The summed E-state index contributed by atoms with van der Waals surface area (Å²) in [6, 6.07) is 9.17. The Labute approximate surface area is 120 Å². The summed E-state index contributed by atoms with van der Waals surface area (Å²) in [5.74, 6) is 2.20. The molecule has 2 aromatic rings. The second-order valence-electron chi connectivity index (χ2n) is 5.75. The predicted octanol–water partition coefficient (Wildman–Crippen LogP) is 2.94. The first-order valence-electron chi connectivity index (χ1n) is 7.39. The lowest BCUT2D eigenvalue weighted by atomic mass is 10.1. The fourth-order valence-electron chi connectivity index (χ4n) is 2.98. The highest BCUT2D eigenvalue weighted by Crippen LogP contribution is 2.22. The van der Waals surface area contributed by atoms with Crippen LogP contribution >= 0.6 is 0 Å². The minimum absolute atomic E-state index is 0.213. The first-order valence-corrected chi connectivity index (χ1v) is 7.39. The molecule has 1 aliphatic heterocycles. The maximum absolute atomic E-state index is 4.35. The molecule has 0 bridgehead atoms. The minimum atomic E-state index is 0.213. The first kappa shape index (κ1) is 13.3. The van der Waals surface area contributed by atoms with Crippen LogP contribution in [-0.2, 0) is 13.0 Å². The zero-order valence-corrected chi connectivity index (χ0v) is 12.4. The molecular formula is C16H22N4. The van der Waals surface area contributed by atoms with Crippen molar-refractivity contribution in [3.8, 4) is 0 Å². The molecule has 0 saturated carbocycles. The van der Waals surface area contributed by atoms with Crippen LogP contribution in [0.25, 0.3) is 0 Å². The Morgan fingerprint density at radius 2 is 2.05 bits per heavy atom. The highest BCUT2D eigenvalue weighted by molar-refractivity contribution is 5.24. The fourth-order valence-corrected chi connectivity index (χ4v) is 2.98. The topological polar surface area (TPSA) is 42.7 Å². The molecule has 0 radical (unpaired) electrons. The molecule has 1 aliphatic rings. The molecule has 2 unspecified atom stereocenters. The lowest BCUT2D eigenvalue weighted by molar-refractivity contribution is 0.459. The predicted molar refractivity (Wildman–Crippen MR) is 79.5 cm³/mol.